The fourth-order valence-electron chi connectivity index (χ4n) is 3.03. The van der Waals surface area contributed by atoms with Crippen molar-refractivity contribution in [2.45, 2.75) is 56.9 Å². The minimum atomic E-state index is -0.117. The molecule has 0 spiro atoms. The summed E-state index contributed by atoms with van der Waals surface area (Å²) in [5.41, 5.74) is 0.834. The van der Waals surface area contributed by atoms with Crippen LogP contribution in [0.5, 0.6) is 0 Å². The number of amides is 1. The maximum absolute atomic E-state index is 12.6. The molecule has 1 aromatic carbocycles. The van der Waals surface area contributed by atoms with E-state index in [9.17, 15) is 4.79 Å². The number of aromatic nitrogens is 2. The molecule has 1 amide bonds. The summed E-state index contributed by atoms with van der Waals surface area (Å²) in [6.45, 7) is 8.16. The third-order valence-corrected chi connectivity index (χ3v) is 5.51. The number of nitrogens with zero attached hydrogens (tertiary/aromatic N) is 3. The Kier molecular flexibility index (Phi) is 5.62. The Labute approximate surface area is 154 Å². The van der Waals surface area contributed by atoms with Crippen LogP contribution < -0.4 is 0 Å². The van der Waals surface area contributed by atoms with Crippen LogP contribution in [0.3, 0.4) is 0 Å². The summed E-state index contributed by atoms with van der Waals surface area (Å²) < 4.78 is 0. The molecule has 134 valence electrons. The van der Waals surface area contributed by atoms with Crippen LogP contribution in [0.15, 0.2) is 29.3 Å². The first-order valence-electron chi connectivity index (χ1n) is 9.13. The SMILES string of the molecule is CC(C)(C)c1nc(SCC(=O)N2CCCCCC2)c2ccccc2n1. The number of benzene rings is 1. The fourth-order valence-corrected chi connectivity index (χ4v) is 3.96. The predicted octanol–water partition coefficient (Wildman–Crippen LogP) is 4.42. The summed E-state index contributed by atoms with van der Waals surface area (Å²) in [7, 11) is 0. The Morgan fingerprint density at radius 1 is 1.08 bits per heavy atom. The molecule has 2 heterocycles. The Balaban J connectivity index is 1.81. The van der Waals surface area contributed by atoms with E-state index in [1.807, 2.05) is 29.2 Å². The van der Waals surface area contributed by atoms with Gasteiger partial charge in [0.25, 0.3) is 0 Å². The van der Waals surface area contributed by atoms with Crippen molar-refractivity contribution in [2.24, 2.45) is 0 Å². The lowest BCUT2D eigenvalue weighted by Gasteiger charge is -2.21. The minimum Gasteiger partial charge on any atom is -0.342 e. The van der Waals surface area contributed by atoms with E-state index >= 15 is 0 Å². The Morgan fingerprint density at radius 2 is 1.76 bits per heavy atom. The maximum atomic E-state index is 12.6. The van der Waals surface area contributed by atoms with Gasteiger partial charge in [0.2, 0.25) is 5.91 Å². The first kappa shape index (κ1) is 18.2. The van der Waals surface area contributed by atoms with Gasteiger partial charge in [-0.25, -0.2) is 9.97 Å². The molecule has 0 radical (unpaired) electrons. The number of likely N-dealkylation sites (tertiary alicyclic amines) is 1. The highest BCUT2D eigenvalue weighted by molar-refractivity contribution is 8.00. The molecular weight excluding hydrogens is 330 g/mol. The molecule has 5 heteroatoms. The second-order valence-corrected chi connectivity index (χ2v) is 8.67. The Morgan fingerprint density at radius 3 is 2.44 bits per heavy atom. The topological polar surface area (TPSA) is 46.1 Å². The summed E-state index contributed by atoms with van der Waals surface area (Å²) in [6.07, 6.45) is 4.73. The van der Waals surface area contributed by atoms with Gasteiger partial charge in [0.1, 0.15) is 10.9 Å². The van der Waals surface area contributed by atoms with Crippen molar-refractivity contribution in [3.05, 3.63) is 30.1 Å². The summed E-state index contributed by atoms with van der Waals surface area (Å²) in [5.74, 6) is 1.51. The molecule has 1 aliphatic rings. The molecule has 0 bridgehead atoms. The van der Waals surface area contributed by atoms with E-state index in [0.29, 0.717) is 5.75 Å². The van der Waals surface area contributed by atoms with Gasteiger partial charge in [0.05, 0.1) is 11.3 Å². The van der Waals surface area contributed by atoms with Crippen molar-refractivity contribution in [1.82, 2.24) is 14.9 Å². The lowest BCUT2D eigenvalue weighted by molar-refractivity contribution is -0.128. The molecule has 1 aliphatic heterocycles. The Hall–Kier alpha value is -1.62. The van der Waals surface area contributed by atoms with Crippen molar-refractivity contribution < 1.29 is 4.79 Å². The lowest BCUT2D eigenvalue weighted by Crippen LogP contribution is -2.33. The standard InChI is InChI=1S/C20H27N3OS/c1-20(2,3)19-21-16-11-7-6-10-15(16)18(22-19)25-14-17(24)23-12-8-4-5-9-13-23/h6-7,10-11H,4-5,8-9,12-14H2,1-3H3. The van der Waals surface area contributed by atoms with E-state index in [4.69, 9.17) is 9.97 Å². The molecular formula is C20H27N3OS. The zero-order valence-corrected chi connectivity index (χ0v) is 16.2. The third-order valence-electron chi connectivity index (χ3n) is 4.53. The quantitative estimate of drug-likeness (QED) is 0.602. The number of para-hydroxylation sites is 1. The van der Waals surface area contributed by atoms with Gasteiger partial charge in [-0.15, -0.1) is 0 Å². The van der Waals surface area contributed by atoms with Crippen LogP contribution >= 0.6 is 11.8 Å². The fraction of sp³-hybridized carbons (Fsp3) is 0.550. The molecule has 0 atom stereocenters. The van der Waals surface area contributed by atoms with Gasteiger partial charge in [0, 0.05) is 23.9 Å². The zero-order chi connectivity index (χ0) is 17.9. The lowest BCUT2D eigenvalue weighted by atomic mass is 9.95. The first-order valence-corrected chi connectivity index (χ1v) is 10.1. The van der Waals surface area contributed by atoms with Crippen LogP contribution in [0.1, 0.15) is 52.3 Å². The molecule has 0 unspecified atom stereocenters. The smallest absolute Gasteiger partial charge is 0.232 e. The predicted molar refractivity (Wildman–Crippen MR) is 104 cm³/mol. The van der Waals surface area contributed by atoms with Crippen LogP contribution in [0, 0.1) is 0 Å². The molecule has 0 aliphatic carbocycles. The molecule has 2 aromatic rings. The van der Waals surface area contributed by atoms with Gasteiger partial charge < -0.3 is 4.90 Å². The number of fused-ring (bicyclic) bond motifs is 1. The highest BCUT2D eigenvalue weighted by atomic mass is 32.2. The minimum absolute atomic E-state index is 0.117. The van der Waals surface area contributed by atoms with Gasteiger partial charge in [-0.2, -0.15) is 0 Å². The van der Waals surface area contributed by atoms with Crippen molar-refractivity contribution in [3.63, 3.8) is 0 Å². The van der Waals surface area contributed by atoms with E-state index < -0.39 is 0 Å². The van der Waals surface area contributed by atoms with Crippen molar-refractivity contribution in [1.29, 1.82) is 0 Å². The second-order valence-electron chi connectivity index (χ2n) is 7.70. The average Bonchev–Trinajstić information content (AvgIpc) is 2.87. The molecule has 0 N–H and O–H groups in total. The molecule has 4 nitrogen and oxygen atoms in total. The zero-order valence-electron chi connectivity index (χ0n) is 15.4. The number of carbonyl (C=O) groups is 1. The number of thioether (sulfide) groups is 1. The van der Waals surface area contributed by atoms with Crippen molar-refractivity contribution in [2.75, 3.05) is 18.8 Å². The summed E-state index contributed by atoms with van der Waals surface area (Å²) >= 11 is 1.55. The van der Waals surface area contributed by atoms with Gasteiger partial charge >= 0.3 is 0 Å². The largest absolute Gasteiger partial charge is 0.342 e. The summed E-state index contributed by atoms with van der Waals surface area (Å²) in [6, 6.07) is 8.06. The first-order chi connectivity index (χ1) is 11.9. The number of carbonyl (C=O) groups excluding carboxylic acids is 1. The Bertz CT molecular complexity index is 746. The van der Waals surface area contributed by atoms with Crippen LogP contribution in [0.25, 0.3) is 10.9 Å². The van der Waals surface area contributed by atoms with Crippen LogP contribution in [0.4, 0.5) is 0 Å². The summed E-state index contributed by atoms with van der Waals surface area (Å²) in [5, 5.41) is 1.95. The number of rotatable bonds is 3. The normalized spacial score (nSPS) is 16.0. The number of hydrogen-bond acceptors (Lipinski definition) is 4. The molecule has 0 saturated carbocycles. The maximum Gasteiger partial charge on any atom is 0.232 e. The second kappa shape index (κ2) is 7.73. The van der Waals surface area contributed by atoms with Crippen LogP contribution in [-0.4, -0.2) is 39.6 Å². The van der Waals surface area contributed by atoms with E-state index in [0.717, 1.165) is 47.7 Å². The monoisotopic (exact) mass is 357 g/mol. The molecule has 1 saturated heterocycles. The van der Waals surface area contributed by atoms with Gasteiger partial charge in [-0.3, -0.25) is 4.79 Å². The molecule has 25 heavy (non-hydrogen) atoms. The van der Waals surface area contributed by atoms with E-state index in [2.05, 4.69) is 20.8 Å². The van der Waals surface area contributed by atoms with Crippen LogP contribution in [-0.2, 0) is 10.2 Å². The highest BCUT2D eigenvalue weighted by Crippen LogP contribution is 2.29. The summed E-state index contributed by atoms with van der Waals surface area (Å²) in [4.78, 5) is 24.1. The molecule has 1 aromatic heterocycles. The van der Waals surface area contributed by atoms with Crippen molar-refractivity contribution >= 4 is 28.6 Å². The van der Waals surface area contributed by atoms with Gasteiger partial charge in [0.15, 0.2) is 0 Å². The molecule has 3 rings (SSSR count). The van der Waals surface area contributed by atoms with E-state index in [1.165, 1.54) is 12.8 Å². The third kappa shape index (κ3) is 4.51. The van der Waals surface area contributed by atoms with Crippen LogP contribution in [0.2, 0.25) is 0 Å². The average molecular weight is 358 g/mol. The highest BCUT2D eigenvalue weighted by Gasteiger charge is 2.21. The van der Waals surface area contributed by atoms with E-state index in [1.54, 1.807) is 11.8 Å². The van der Waals surface area contributed by atoms with Crippen molar-refractivity contribution in [3.8, 4) is 0 Å². The van der Waals surface area contributed by atoms with Gasteiger partial charge in [-0.1, -0.05) is 63.6 Å². The molecule has 1 fully saturated rings. The van der Waals surface area contributed by atoms with Gasteiger partial charge in [-0.05, 0) is 18.9 Å². The van der Waals surface area contributed by atoms with E-state index in [-0.39, 0.29) is 11.3 Å². The number of hydrogen-bond donors (Lipinski definition) is 0.